The smallest absolute Gasteiger partial charge is 0.321 e. The number of nitrogens with zero attached hydrogens (tertiary/aromatic N) is 2. The fourth-order valence-corrected chi connectivity index (χ4v) is 3.44. The highest BCUT2D eigenvalue weighted by atomic mass is 32.2. The molecule has 1 aliphatic heterocycles. The van der Waals surface area contributed by atoms with Gasteiger partial charge >= 0.3 is 11.9 Å². The van der Waals surface area contributed by atoms with E-state index in [2.05, 4.69) is 4.74 Å². The third-order valence-corrected chi connectivity index (χ3v) is 5.31. The maximum Gasteiger partial charge on any atom is 0.321 e. The summed E-state index contributed by atoms with van der Waals surface area (Å²) < 4.78 is 36.1. The second-order valence-electron chi connectivity index (χ2n) is 4.77. The summed E-state index contributed by atoms with van der Waals surface area (Å²) in [7, 11) is -1.19. The number of piperidine rings is 1. The standard InChI is InChI=1S/C12H22N2O6S/c1-4-20-12(16)10-5-7-14(8-6-10)21(17,18)13(2)9-11(15)19-3/h10H,4-9H2,1-3H3. The summed E-state index contributed by atoms with van der Waals surface area (Å²) in [6.45, 7) is 2.18. The Balaban J connectivity index is 2.59. The summed E-state index contributed by atoms with van der Waals surface area (Å²) in [5.41, 5.74) is 0. The van der Waals surface area contributed by atoms with E-state index in [1.807, 2.05) is 0 Å². The van der Waals surface area contributed by atoms with E-state index >= 15 is 0 Å². The van der Waals surface area contributed by atoms with Crippen LogP contribution in [0.1, 0.15) is 19.8 Å². The Bertz CT molecular complexity index is 470. The van der Waals surface area contributed by atoms with E-state index in [4.69, 9.17) is 4.74 Å². The average Bonchev–Trinajstić information content (AvgIpc) is 2.47. The van der Waals surface area contributed by atoms with Crippen LogP contribution in [0.4, 0.5) is 0 Å². The third kappa shape index (κ3) is 4.65. The van der Waals surface area contributed by atoms with E-state index in [1.165, 1.54) is 18.5 Å². The number of rotatable bonds is 6. The van der Waals surface area contributed by atoms with Crippen LogP contribution >= 0.6 is 0 Å². The Labute approximate surface area is 125 Å². The molecule has 9 heteroatoms. The van der Waals surface area contributed by atoms with Gasteiger partial charge in [-0.05, 0) is 19.8 Å². The molecule has 0 aliphatic carbocycles. The number of hydrogen-bond donors (Lipinski definition) is 0. The summed E-state index contributed by atoms with van der Waals surface area (Å²) in [5, 5.41) is 0. The van der Waals surface area contributed by atoms with Crippen LogP contribution in [-0.2, 0) is 29.3 Å². The van der Waals surface area contributed by atoms with Crippen LogP contribution in [0.25, 0.3) is 0 Å². The van der Waals surface area contributed by atoms with Crippen molar-refractivity contribution in [3.05, 3.63) is 0 Å². The molecule has 0 bridgehead atoms. The second-order valence-corrected chi connectivity index (χ2v) is 6.80. The first kappa shape index (κ1) is 17.9. The Morgan fingerprint density at radius 2 is 1.86 bits per heavy atom. The molecular weight excluding hydrogens is 300 g/mol. The molecule has 1 aliphatic rings. The molecule has 122 valence electrons. The van der Waals surface area contributed by atoms with Crippen molar-refractivity contribution < 1.29 is 27.5 Å². The number of likely N-dealkylation sites (N-methyl/N-ethyl adjacent to an activating group) is 1. The van der Waals surface area contributed by atoms with E-state index in [0.29, 0.717) is 19.4 Å². The van der Waals surface area contributed by atoms with Crippen molar-refractivity contribution in [1.29, 1.82) is 0 Å². The highest BCUT2D eigenvalue weighted by Crippen LogP contribution is 2.22. The Kier molecular flexibility index (Phi) is 6.56. The van der Waals surface area contributed by atoms with Gasteiger partial charge in [-0.2, -0.15) is 17.0 Å². The summed E-state index contributed by atoms with van der Waals surface area (Å²) in [6.07, 6.45) is 0.842. The molecule has 1 saturated heterocycles. The van der Waals surface area contributed by atoms with Gasteiger partial charge in [0.2, 0.25) is 0 Å². The fraction of sp³-hybridized carbons (Fsp3) is 0.833. The summed E-state index contributed by atoms with van der Waals surface area (Å²) in [6, 6.07) is 0. The zero-order valence-corrected chi connectivity index (χ0v) is 13.4. The van der Waals surface area contributed by atoms with Crippen LogP contribution < -0.4 is 0 Å². The lowest BCUT2D eigenvalue weighted by Gasteiger charge is -2.32. The molecule has 0 amide bonds. The van der Waals surface area contributed by atoms with Crippen molar-refractivity contribution in [2.45, 2.75) is 19.8 Å². The zero-order chi connectivity index (χ0) is 16.0. The first-order chi connectivity index (χ1) is 9.82. The molecule has 0 saturated carbocycles. The zero-order valence-electron chi connectivity index (χ0n) is 12.6. The van der Waals surface area contributed by atoms with Crippen molar-refractivity contribution in [2.24, 2.45) is 5.92 Å². The van der Waals surface area contributed by atoms with E-state index in [1.54, 1.807) is 6.92 Å². The fourth-order valence-electron chi connectivity index (χ4n) is 2.11. The molecule has 0 aromatic carbocycles. The Morgan fingerprint density at radius 3 is 2.33 bits per heavy atom. The predicted molar refractivity (Wildman–Crippen MR) is 74.5 cm³/mol. The molecule has 0 spiro atoms. The van der Waals surface area contributed by atoms with Gasteiger partial charge in [0, 0.05) is 20.1 Å². The van der Waals surface area contributed by atoms with Gasteiger partial charge in [0.05, 0.1) is 19.6 Å². The Hall–Kier alpha value is -1.19. The van der Waals surface area contributed by atoms with Crippen molar-refractivity contribution >= 4 is 22.1 Å². The highest BCUT2D eigenvalue weighted by molar-refractivity contribution is 7.86. The highest BCUT2D eigenvalue weighted by Gasteiger charge is 2.34. The monoisotopic (exact) mass is 322 g/mol. The average molecular weight is 322 g/mol. The molecule has 0 aromatic heterocycles. The molecule has 1 heterocycles. The molecule has 21 heavy (non-hydrogen) atoms. The summed E-state index contributed by atoms with van der Waals surface area (Å²) >= 11 is 0. The van der Waals surface area contributed by atoms with Crippen LogP contribution in [0, 0.1) is 5.92 Å². The first-order valence-electron chi connectivity index (χ1n) is 6.77. The van der Waals surface area contributed by atoms with Gasteiger partial charge in [0.25, 0.3) is 10.2 Å². The van der Waals surface area contributed by atoms with Gasteiger partial charge in [-0.15, -0.1) is 0 Å². The maximum absolute atomic E-state index is 12.3. The molecule has 0 N–H and O–H groups in total. The van der Waals surface area contributed by atoms with Crippen LogP contribution in [0.3, 0.4) is 0 Å². The topological polar surface area (TPSA) is 93.2 Å². The van der Waals surface area contributed by atoms with E-state index in [0.717, 1.165) is 4.31 Å². The van der Waals surface area contributed by atoms with Crippen LogP contribution in [-0.4, -0.2) is 69.4 Å². The summed E-state index contributed by atoms with van der Waals surface area (Å²) in [5.74, 6) is -1.16. The lowest BCUT2D eigenvalue weighted by molar-refractivity contribution is -0.149. The first-order valence-corrected chi connectivity index (χ1v) is 8.17. The number of hydrogen-bond acceptors (Lipinski definition) is 6. The van der Waals surface area contributed by atoms with Gasteiger partial charge in [-0.1, -0.05) is 0 Å². The van der Waals surface area contributed by atoms with Gasteiger partial charge in [0.1, 0.15) is 6.54 Å². The van der Waals surface area contributed by atoms with E-state index < -0.39 is 16.2 Å². The SMILES string of the molecule is CCOC(=O)C1CCN(S(=O)(=O)N(C)CC(=O)OC)CC1. The number of carbonyl (C=O) groups excluding carboxylic acids is 2. The second kappa shape index (κ2) is 7.71. The van der Waals surface area contributed by atoms with Crippen molar-refractivity contribution in [2.75, 3.05) is 40.4 Å². The Morgan fingerprint density at radius 1 is 1.29 bits per heavy atom. The predicted octanol–water partition coefficient (Wildman–Crippen LogP) is -0.389. The minimum absolute atomic E-state index is 0.233. The third-order valence-electron chi connectivity index (χ3n) is 3.37. The number of ether oxygens (including phenoxy) is 2. The van der Waals surface area contributed by atoms with E-state index in [-0.39, 0.29) is 31.5 Å². The number of carbonyl (C=O) groups is 2. The molecule has 1 fully saturated rings. The molecule has 0 aromatic rings. The van der Waals surface area contributed by atoms with Crippen LogP contribution in [0.15, 0.2) is 0 Å². The minimum Gasteiger partial charge on any atom is -0.468 e. The molecule has 8 nitrogen and oxygen atoms in total. The molecule has 0 radical (unpaired) electrons. The van der Waals surface area contributed by atoms with Gasteiger partial charge < -0.3 is 9.47 Å². The lowest BCUT2D eigenvalue weighted by Crippen LogP contribution is -2.48. The lowest BCUT2D eigenvalue weighted by atomic mass is 9.98. The van der Waals surface area contributed by atoms with Gasteiger partial charge in [-0.25, -0.2) is 0 Å². The van der Waals surface area contributed by atoms with Crippen LogP contribution in [0.5, 0.6) is 0 Å². The van der Waals surface area contributed by atoms with Gasteiger partial charge in [-0.3, -0.25) is 9.59 Å². The van der Waals surface area contributed by atoms with E-state index in [9.17, 15) is 18.0 Å². The van der Waals surface area contributed by atoms with Crippen molar-refractivity contribution in [3.63, 3.8) is 0 Å². The minimum atomic E-state index is -3.71. The molecule has 1 rings (SSSR count). The largest absolute Gasteiger partial charge is 0.468 e. The van der Waals surface area contributed by atoms with Gasteiger partial charge in [0.15, 0.2) is 0 Å². The molecule has 0 unspecified atom stereocenters. The maximum atomic E-state index is 12.3. The molecule has 0 atom stereocenters. The molecular formula is C12H22N2O6S. The van der Waals surface area contributed by atoms with Crippen LogP contribution in [0.2, 0.25) is 0 Å². The quantitative estimate of drug-likeness (QED) is 0.618. The summed E-state index contributed by atoms with van der Waals surface area (Å²) in [4.78, 5) is 22.8. The van der Waals surface area contributed by atoms with Crippen molar-refractivity contribution in [1.82, 2.24) is 8.61 Å². The van der Waals surface area contributed by atoms with Crippen molar-refractivity contribution in [3.8, 4) is 0 Å². The number of esters is 2. The number of methoxy groups -OCH3 is 1. The normalized spacial score (nSPS) is 17.7.